The van der Waals surface area contributed by atoms with Crippen molar-refractivity contribution in [1.29, 1.82) is 0 Å². The first-order valence-corrected chi connectivity index (χ1v) is 8.79. The maximum absolute atomic E-state index is 12.3. The molecule has 0 unspecified atom stereocenters. The zero-order valence-electron chi connectivity index (χ0n) is 12.3. The van der Waals surface area contributed by atoms with Crippen molar-refractivity contribution in [1.82, 2.24) is 9.62 Å². The van der Waals surface area contributed by atoms with Crippen molar-refractivity contribution in [3.8, 4) is 0 Å². The van der Waals surface area contributed by atoms with Gasteiger partial charge in [-0.3, -0.25) is 0 Å². The zero-order valence-corrected chi connectivity index (χ0v) is 13.1. The van der Waals surface area contributed by atoms with Crippen LogP contribution in [-0.4, -0.2) is 39.5 Å². The average Bonchev–Trinajstić information content (AvgIpc) is 2.42. The number of sulfonamides is 1. The first-order chi connectivity index (χ1) is 9.51. The first kappa shape index (κ1) is 15.5. The fourth-order valence-electron chi connectivity index (χ4n) is 2.54. The summed E-state index contributed by atoms with van der Waals surface area (Å²) in [5, 5.41) is 0. The second-order valence-electron chi connectivity index (χ2n) is 5.59. The maximum Gasteiger partial charge on any atom is 0.240 e. The van der Waals surface area contributed by atoms with E-state index in [1.807, 2.05) is 12.1 Å². The second kappa shape index (κ2) is 6.70. The van der Waals surface area contributed by atoms with Gasteiger partial charge in [-0.25, -0.2) is 13.1 Å². The molecule has 0 amide bonds. The molecule has 0 spiro atoms. The lowest BCUT2D eigenvalue weighted by molar-refractivity contribution is 0.248. The van der Waals surface area contributed by atoms with Crippen molar-refractivity contribution in [3.05, 3.63) is 29.8 Å². The van der Waals surface area contributed by atoms with Crippen LogP contribution in [0.4, 0.5) is 0 Å². The Kier molecular flexibility index (Phi) is 5.18. The van der Waals surface area contributed by atoms with Crippen molar-refractivity contribution in [2.75, 3.05) is 20.1 Å². The number of likely N-dealkylation sites (tertiary alicyclic amines) is 1. The number of nitrogens with zero attached hydrogens (tertiary/aromatic N) is 1. The lowest BCUT2D eigenvalue weighted by Crippen LogP contribution is -2.43. The number of nitrogens with one attached hydrogen (secondary N) is 1. The summed E-state index contributed by atoms with van der Waals surface area (Å²) in [6.45, 7) is 4.01. The molecule has 1 aromatic rings. The summed E-state index contributed by atoms with van der Waals surface area (Å²) in [4.78, 5) is 2.60. The van der Waals surface area contributed by atoms with E-state index in [1.165, 1.54) is 5.56 Å². The second-order valence-corrected chi connectivity index (χ2v) is 7.31. The Hall–Kier alpha value is -0.910. The van der Waals surface area contributed by atoms with Crippen LogP contribution in [-0.2, 0) is 16.4 Å². The quantitative estimate of drug-likeness (QED) is 0.904. The smallest absolute Gasteiger partial charge is 0.240 e. The third kappa shape index (κ3) is 4.04. The fourth-order valence-corrected chi connectivity index (χ4v) is 3.84. The number of benzene rings is 1. The van der Waals surface area contributed by atoms with E-state index in [-0.39, 0.29) is 6.04 Å². The van der Waals surface area contributed by atoms with Crippen molar-refractivity contribution < 1.29 is 8.42 Å². The van der Waals surface area contributed by atoms with Crippen LogP contribution >= 0.6 is 0 Å². The van der Waals surface area contributed by atoms with Gasteiger partial charge in [0.05, 0.1) is 4.90 Å². The van der Waals surface area contributed by atoms with Crippen LogP contribution in [0.25, 0.3) is 0 Å². The van der Waals surface area contributed by atoms with Gasteiger partial charge in [0.2, 0.25) is 10.0 Å². The monoisotopic (exact) mass is 296 g/mol. The van der Waals surface area contributed by atoms with Crippen molar-refractivity contribution in [2.45, 2.75) is 43.5 Å². The fraction of sp³-hybridized carbons (Fsp3) is 0.600. The van der Waals surface area contributed by atoms with E-state index < -0.39 is 10.0 Å². The third-order valence-corrected chi connectivity index (χ3v) is 5.35. The van der Waals surface area contributed by atoms with E-state index >= 15 is 0 Å². The summed E-state index contributed by atoms with van der Waals surface area (Å²) in [7, 11) is -1.31. The van der Waals surface area contributed by atoms with E-state index in [1.54, 1.807) is 12.1 Å². The van der Waals surface area contributed by atoms with Crippen LogP contribution in [0.1, 0.15) is 31.7 Å². The van der Waals surface area contributed by atoms with Gasteiger partial charge in [-0.1, -0.05) is 25.5 Å². The van der Waals surface area contributed by atoms with Gasteiger partial charge in [-0.15, -0.1) is 0 Å². The van der Waals surface area contributed by atoms with E-state index in [0.29, 0.717) is 4.90 Å². The van der Waals surface area contributed by atoms with Gasteiger partial charge in [0, 0.05) is 6.04 Å². The molecule has 1 aliphatic rings. The lowest BCUT2D eigenvalue weighted by atomic mass is 10.1. The van der Waals surface area contributed by atoms with Gasteiger partial charge < -0.3 is 4.90 Å². The molecule has 0 radical (unpaired) electrons. The average molecular weight is 296 g/mol. The van der Waals surface area contributed by atoms with Gasteiger partial charge in [0.1, 0.15) is 0 Å². The van der Waals surface area contributed by atoms with Gasteiger partial charge in [0.25, 0.3) is 0 Å². The number of piperidine rings is 1. The van der Waals surface area contributed by atoms with Crippen LogP contribution in [0.15, 0.2) is 29.2 Å². The zero-order chi connectivity index (χ0) is 14.6. The van der Waals surface area contributed by atoms with Crippen molar-refractivity contribution in [3.63, 3.8) is 0 Å². The first-order valence-electron chi connectivity index (χ1n) is 7.31. The molecule has 0 saturated carbocycles. The minimum Gasteiger partial charge on any atom is -0.306 e. The SMILES string of the molecule is CCCc1ccc(S(=O)(=O)NC2CCN(C)CC2)cc1. The molecule has 5 heteroatoms. The highest BCUT2D eigenvalue weighted by atomic mass is 32.2. The Bertz CT molecular complexity index is 517. The van der Waals surface area contributed by atoms with Crippen LogP contribution in [0.2, 0.25) is 0 Å². The highest BCUT2D eigenvalue weighted by molar-refractivity contribution is 7.89. The standard InChI is InChI=1S/C15H24N2O2S/c1-3-4-13-5-7-15(8-6-13)20(18,19)16-14-9-11-17(2)12-10-14/h5-8,14,16H,3-4,9-12H2,1-2H3. The predicted octanol–water partition coefficient (Wildman–Crippen LogP) is 2.01. The molecule has 20 heavy (non-hydrogen) atoms. The molecule has 0 aromatic heterocycles. The summed E-state index contributed by atoms with van der Waals surface area (Å²) >= 11 is 0. The molecule has 0 atom stereocenters. The topological polar surface area (TPSA) is 49.4 Å². The Labute approximate surface area is 122 Å². The largest absolute Gasteiger partial charge is 0.306 e. The van der Waals surface area contributed by atoms with Gasteiger partial charge in [0.15, 0.2) is 0 Å². The van der Waals surface area contributed by atoms with Crippen LogP contribution in [0.5, 0.6) is 0 Å². The Morgan fingerprint density at radius 3 is 2.35 bits per heavy atom. The van der Waals surface area contributed by atoms with Gasteiger partial charge in [-0.05, 0) is 57.1 Å². The molecule has 1 saturated heterocycles. The normalized spacial score (nSPS) is 18.3. The summed E-state index contributed by atoms with van der Waals surface area (Å²) in [6.07, 6.45) is 3.82. The van der Waals surface area contributed by atoms with Crippen LogP contribution in [0.3, 0.4) is 0 Å². The third-order valence-electron chi connectivity index (χ3n) is 3.81. The highest BCUT2D eigenvalue weighted by Gasteiger charge is 2.23. The number of hydrogen-bond acceptors (Lipinski definition) is 3. The van der Waals surface area contributed by atoms with E-state index in [2.05, 4.69) is 23.6 Å². The molecule has 0 bridgehead atoms. The van der Waals surface area contributed by atoms with E-state index in [0.717, 1.165) is 38.8 Å². The Morgan fingerprint density at radius 1 is 1.20 bits per heavy atom. The Morgan fingerprint density at radius 2 is 1.80 bits per heavy atom. The molecule has 112 valence electrons. The molecular formula is C15H24N2O2S. The minimum atomic E-state index is -3.38. The highest BCUT2D eigenvalue weighted by Crippen LogP contribution is 2.15. The lowest BCUT2D eigenvalue weighted by Gasteiger charge is -2.29. The van der Waals surface area contributed by atoms with Crippen molar-refractivity contribution >= 4 is 10.0 Å². The molecule has 1 fully saturated rings. The molecule has 1 N–H and O–H groups in total. The summed E-state index contributed by atoms with van der Waals surface area (Å²) in [5.41, 5.74) is 1.19. The Balaban J connectivity index is 2.02. The molecule has 0 aliphatic carbocycles. The van der Waals surface area contributed by atoms with E-state index in [9.17, 15) is 8.42 Å². The number of hydrogen-bond donors (Lipinski definition) is 1. The van der Waals surface area contributed by atoms with Crippen LogP contribution < -0.4 is 4.72 Å². The maximum atomic E-state index is 12.3. The molecule has 4 nitrogen and oxygen atoms in total. The number of aryl methyl sites for hydroxylation is 1. The van der Waals surface area contributed by atoms with Gasteiger partial charge in [-0.2, -0.15) is 0 Å². The van der Waals surface area contributed by atoms with Crippen molar-refractivity contribution in [2.24, 2.45) is 0 Å². The molecule has 1 aromatic carbocycles. The summed E-state index contributed by atoms with van der Waals surface area (Å²) in [6, 6.07) is 7.30. The molecule has 2 rings (SSSR count). The molecule has 1 aliphatic heterocycles. The minimum absolute atomic E-state index is 0.0616. The molecule has 1 heterocycles. The van der Waals surface area contributed by atoms with E-state index in [4.69, 9.17) is 0 Å². The summed E-state index contributed by atoms with van der Waals surface area (Å²) < 4.78 is 27.5. The summed E-state index contributed by atoms with van der Waals surface area (Å²) in [5.74, 6) is 0. The predicted molar refractivity (Wildman–Crippen MR) is 81.3 cm³/mol. The van der Waals surface area contributed by atoms with Crippen LogP contribution in [0, 0.1) is 0 Å². The van der Waals surface area contributed by atoms with Gasteiger partial charge >= 0.3 is 0 Å². The number of rotatable bonds is 5. The molecular weight excluding hydrogens is 272 g/mol.